The first kappa shape index (κ1) is 21.0. The SMILES string of the molecule is CC=CC=CC=CC(=O)O[C@@H]1C=C2CO[C@@H](O)[C@]2(O)[C@@]2(C)CCCC(C)(C)[C@H]12. The number of hydrogen-bond acceptors (Lipinski definition) is 5. The lowest BCUT2D eigenvalue weighted by Crippen LogP contribution is -2.65. The van der Waals surface area contributed by atoms with Crippen LogP contribution in [0.5, 0.6) is 0 Å². The molecule has 0 unspecified atom stereocenters. The van der Waals surface area contributed by atoms with Crippen LogP contribution in [0.15, 0.2) is 48.1 Å². The van der Waals surface area contributed by atoms with Gasteiger partial charge in [-0.15, -0.1) is 0 Å². The van der Waals surface area contributed by atoms with Crippen molar-refractivity contribution >= 4 is 5.97 Å². The van der Waals surface area contributed by atoms with Gasteiger partial charge in [0.05, 0.1) is 6.61 Å². The fourth-order valence-electron chi connectivity index (χ4n) is 5.64. The average molecular weight is 389 g/mol. The van der Waals surface area contributed by atoms with Crippen molar-refractivity contribution in [1.29, 1.82) is 0 Å². The quantitative estimate of drug-likeness (QED) is 0.334. The Morgan fingerprint density at radius 2 is 1.93 bits per heavy atom. The maximum atomic E-state index is 12.4. The van der Waals surface area contributed by atoms with Gasteiger partial charge in [-0.25, -0.2) is 4.79 Å². The summed E-state index contributed by atoms with van der Waals surface area (Å²) < 4.78 is 11.3. The van der Waals surface area contributed by atoms with E-state index < -0.39 is 29.4 Å². The minimum absolute atomic E-state index is 0.130. The summed E-state index contributed by atoms with van der Waals surface area (Å²) in [6.07, 6.45) is 13.2. The molecule has 0 aromatic carbocycles. The minimum Gasteiger partial charge on any atom is -0.455 e. The van der Waals surface area contributed by atoms with Crippen LogP contribution in [0.25, 0.3) is 0 Å². The molecule has 0 aromatic heterocycles. The van der Waals surface area contributed by atoms with Gasteiger partial charge in [0.25, 0.3) is 0 Å². The third-order valence-corrected chi connectivity index (χ3v) is 6.86. The molecule has 2 aliphatic carbocycles. The Labute approximate surface area is 167 Å². The lowest BCUT2D eigenvalue weighted by Gasteiger charge is -2.60. The normalized spacial score (nSPS) is 39.9. The molecule has 1 saturated heterocycles. The van der Waals surface area contributed by atoms with Crippen molar-refractivity contribution in [3.63, 3.8) is 0 Å². The molecule has 2 N–H and O–H groups in total. The van der Waals surface area contributed by atoms with E-state index in [9.17, 15) is 15.0 Å². The summed E-state index contributed by atoms with van der Waals surface area (Å²) in [5.74, 6) is -0.546. The molecule has 5 nitrogen and oxygen atoms in total. The lowest BCUT2D eigenvalue weighted by molar-refractivity contribution is -0.244. The number of carbonyl (C=O) groups excluding carboxylic acids is 1. The Bertz CT molecular complexity index is 731. The number of esters is 1. The Kier molecular flexibility index (Phi) is 5.72. The highest BCUT2D eigenvalue weighted by Gasteiger charge is 2.68. The second-order valence-corrected chi connectivity index (χ2v) is 9.03. The predicted molar refractivity (Wildman–Crippen MR) is 107 cm³/mol. The number of rotatable bonds is 4. The van der Waals surface area contributed by atoms with E-state index in [0.29, 0.717) is 5.57 Å². The van der Waals surface area contributed by atoms with Crippen molar-refractivity contribution in [3.05, 3.63) is 48.1 Å². The van der Waals surface area contributed by atoms with Crippen LogP contribution >= 0.6 is 0 Å². The molecule has 0 radical (unpaired) electrons. The summed E-state index contributed by atoms with van der Waals surface area (Å²) in [7, 11) is 0. The van der Waals surface area contributed by atoms with Crippen molar-refractivity contribution in [1.82, 2.24) is 0 Å². The molecule has 0 bridgehead atoms. The zero-order chi connectivity index (χ0) is 20.6. The van der Waals surface area contributed by atoms with Gasteiger partial charge in [-0.1, -0.05) is 57.6 Å². The molecule has 3 aliphatic rings. The summed E-state index contributed by atoms with van der Waals surface area (Å²) >= 11 is 0. The van der Waals surface area contributed by atoms with E-state index in [-0.39, 0.29) is 17.9 Å². The smallest absolute Gasteiger partial charge is 0.331 e. The van der Waals surface area contributed by atoms with Crippen molar-refractivity contribution in [2.45, 2.75) is 65.0 Å². The largest absolute Gasteiger partial charge is 0.455 e. The first-order chi connectivity index (χ1) is 13.2. The average Bonchev–Trinajstić information content (AvgIpc) is 2.90. The molecule has 1 aliphatic heterocycles. The highest BCUT2D eigenvalue weighted by atomic mass is 16.6. The molecular weight excluding hydrogens is 356 g/mol. The summed E-state index contributed by atoms with van der Waals surface area (Å²) in [4.78, 5) is 12.4. The summed E-state index contributed by atoms with van der Waals surface area (Å²) in [5, 5.41) is 22.0. The van der Waals surface area contributed by atoms with Gasteiger partial charge in [-0.3, -0.25) is 0 Å². The van der Waals surface area contributed by atoms with Crippen molar-refractivity contribution in [2.75, 3.05) is 6.61 Å². The van der Waals surface area contributed by atoms with Crippen LogP contribution in [-0.4, -0.2) is 40.8 Å². The van der Waals surface area contributed by atoms with E-state index >= 15 is 0 Å². The molecular formula is C23H32O5. The Morgan fingerprint density at radius 1 is 1.21 bits per heavy atom. The number of allylic oxidation sites excluding steroid dienone is 5. The highest BCUT2D eigenvalue weighted by Crippen LogP contribution is 2.63. The van der Waals surface area contributed by atoms with Crippen molar-refractivity contribution in [3.8, 4) is 0 Å². The standard InChI is InChI=1S/C23H32O5/c1-5-6-7-8-9-11-18(24)28-17-14-16-15-27-20(25)23(16,26)22(4)13-10-12-21(2,3)19(17)22/h5-9,11,14,17,19-20,25-26H,10,12-13,15H2,1-4H3/t17-,19+,20-,22+,23+/m1/s1. The first-order valence-electron chi connectivity index (χ1n) is 10.1. The molecule has 0 aromatic rings. The van der Waals surface area contributed by atoms with Crippen LogP contribution in [-0.2, 0) is 14.3 Å². The second-order valence-electron chi connectivity index (χ2n) is 9.03. The second kappa shape index (κ2) is 7.62. The number of carbonyl (C=O) groups is 1. The van der Waals surface area contributed by atoms with E-state index in [0.717, 1.165) is 19.3 Å². The third-order valence-electron chi connectivity index (χ3n) is 6.86. The number of fused-ring (bicyclic) bond motifs is 3. The van der Waals surface area contributed by atoms with Gasteiger partial charge >= 0.3 is 5.97 Å². The maximum Gasteiger partial charge on any atom is 0.331 e. The Morgan fingerprint density at radius 3 is 2.64 bits per heavy atom. The van der Waals surface area contributed by atoms with Gasteiger partial charge in [0.15, 0.2) is 6.29 Å². The molecule has 3 rings (SSSR count). The van der Waals surface area contributed by atoms with E-state index in [1.807, 2.05) is 32.1 Å². The van der Waals surface area contributed by atoms with Gasteiger partial charge in [0.1, 0.15) is 11.7 Å². The van der Waals surface area contributed by atoms with Crippen molar-refractivity contribution < 1.29 is 24.5 Å². The van der Waals surface area contributed by atoms with E-state index in [1.54, 1.807) is 18.2 Å². The fourth-order valence-corrected chi connectivity index (χ4v) is 5.64. The van der Waals surface area contributed by atoms with Gasteiger partial charge in [0.2, 0.25) is 0 Å². The van der Waals surface area contributed by atoms with Gasteiger partial charge < -0.3 is 19.7 Å². The monoisotopic (exact) mass is 388 g/mol. The zero-order valence-electron chi connectivity index (χ0n) is 17.2. The summed E-state index contributed by atoms with van der Waals surface area (Å²) in [5.41, 5.74) is -1.63. The van der Waals surface area contributed by atoms with Crippen LogP contribution in [0.3, 0.4) is 0 Å². The molecule has 5 heteroatoms. The first-order valence-corrected chi connectivity index (χ1v) is 10.1. The predicted octanol–water partition coefficient (Wildman–Crippen LogP) is 3.44. The van der Waals surface area contributed by atoms with E-state index in [1.165, 1.54) is 6.08 Å². The van der Waals surface area contributed by atoms with Gasteiger partial charge in [-0.2, -0.15) is 0 Å². The molecule has 0 amide bonds. The highest BCUT2D eigenvalue weighted by molar-refractivity contribution is 5.82. The van der Waals surface area contributed by atoms with E-state index in [4.69, 9.17) is 9.47 Å². The number of aliphatic hydroxyl groups excluding tert-OH is 1. The maximum absolute atomic E-state index is 12.4. The van der Waals surface area contributed by atoms with Crippen LogP contribution in [0, 0.1) is 16.7 Å². The summed E-state index contributed by atoms with van der Waals surface area (Å²) in [6.45, 7) is 8.37. The molecule has 0 spiro atoms. The Hall–Kier alpha value is -1.69. The number of hydrogen-bond donors (Lipinski definition) is 2. The van der Waals surface area contributed by atoms with Crippen LogP contribution in [0.4, 0.5) is 0 Å². The lowest BCUT2D eigenvalue weighted by atomic mass is 9.46. The third kappa shape index (κ3) is 3.30. The molecule has 1 heterocycles. The fraction of sp³-hybridized carbons (Fsp3) is 0.609. The number of ether oxygens (including phenoxy) is 2. The summed E-state index contributed by atoms with van der Waals surface area (Å²) in [6, 6.07) is 0. The zero-order valence-corrected chi connectivity index (χ0v) is 17.2. The van der Waals surface area contributed by atoms with Crippen molar-refractivity contribution in [2.24, 2.45) is 16.7 Å². The number of aliphatic hydroxyl groups is 2. The Balaban J connectivity index is 1.92. The minimum atomic E-state index is -1.44. The molecule has 5 atom stereocenters. The molecule has 154 valence electrons. The topological polar surface area (TPSA) is 76.0 Å². The van der Waals surface area contributed by atoms with Crippen LogP contribution in [0.1, 0.15) is 47.0 Å². The molecule has 28 heavy (non-hydrogen) atoms. The van der Waals surface area contributed by atoms with Crippen LogP contribution in [0.2, 0.25) is 0 Å². The van der Waals surface area contributed by atoms with E-state index in [2.05, 4.69) is 13.8 Å². The van der Waals surface area contributed by atoms with Gasteiger partial charge in [0, 0.05) is 17.4 Å². The van der Waals surface area contributed by atoms with Gasteiger partial charge in [-0.05, 0) is 36.8 Å². The molecule has 1 saturated carbocycles. The van der Waals surface area contributed by atoms with Crippen LogP contribution < -0.4 is 0 Å². The molecule has 2 fully saturated rings.